The maximum atomic E-state index is 9.55. The number of nitrogens with zero attached hydrogens (tertiary/aromatic N) is 3. The first-order valence-corrected chi connectivity index (χ1v) is 12.2. The Morgan fingerprint density at radius 3 is 2.57 bits per heavy atom. The summed E-state index contributed by atoms with van der Waals surface area (Å²) < 4.78 is 5.56. The van der Waals surface area contributed by atoms with E-state index in [1.54, 1.807) is 12.5 Å². The molecule has 1 aromatic heterocycles. The fourth-order valence-electron chi connectivity index (χ4n) is 4.03. The molecule has 37 heavy (non-hydrogen) atoms. The van der Waals surface area contributed by atoms with E-state index in [4.69, 9.17) is 14.9 Å². The van der Waals surface area contributed by atoms with Gasteiger partial charge in [0.2, 0.25) is 0 Å². The number of carbonyl (C=O) groups is 2. The van der Waals surface area contributed by atoms with E-state index in [9.17, 15) is 9.59 Å². The van der Waals surface area contributed by atoms with Gasteiger partial charge in [0.25, 0.3) is 0 Å². The number of fused-ring (bicyclic) bond motifs is 1. The monoisotopic (exact) mass is 504 g/mol. The van der Waals surface area contributed by atoms with Crippen molar-refractivity contribution >= 4 is 34.1 Å². The van der Waals surface area contributed by atoms with Crippen molar-refractivity contribution in [3.8, 4) is 5.75 Å². The number of hydrogen-bond acceptors (Lipinski definition) is 7. The lowest BCUT2D eigenvalue weighted by Gasteiger charge is -2.27. The summed E-state index contributed by atoms with van der Waals surface area (Å²) in [5, 5.41) is 21.7. The molecular formula is C28H32N4O5. The lowest BCUT2D eigenvalue weighted by molar-refractivity contribution is -0.134. The average Bonchev–Trinajstić information content (AvgIpc) is 2.91. The van der Waals surface area contributed by atoms with Gasteiger partial charge in [0, 0.05) is 38.3 Å². The van der Waals surface area contributed by atoms with Crippen molar-refractivity contribution in [3.63, 3.8) is 0 Å². The Labute approximate surface area is 216 Å². The van der Waals surface area contributed by atoms with Crippen LogP contribution in [-0.4, -0.2) is 69.8 Å². The van der Waals surface area contributed by atoms with Gasteiger partial charge in [0.1, 0.15) is 6.33 Å². The predicted molar refractivity (Wildman–Crippen MR) is 144 cm³/mol. The molecular weight excluding hydrogens is 472 g/mol. The van der Waals surface area contributed by atoms with Crippen molar-refractivity contribution in [2.24, 2.45) is 0 Å². The van der Waals surface area contributed by atoms with Crippen LogP contribution in [-0.2, 0) is 9.59 Å². The molecule has 0 atom stereocenters. The van der Waals surface area contributed by atoms with E-state index in [0.29, 0.717) is 18.8 Å². The maximum absolute atomic E-state index is 9.55. The standard InChI is InChI=1S/C24H28N4O.C4H4O4/c1-2-29-23-17-25-18-27-24(23)26-13-6-14-28-15-11-20(12-16-28)22-10-5-8-19-7-3-4-9-21(19)22;5-3(6)1-2-4(7)8/h3-5,7-11,17-18H,2,6,12-16H2,1H3,(H,25,26,27);1-2H,(H,5,6)(H,7,8). The number of benzene rings is 2. The molecule has 194 valence electrons. The number of aromatic nitrogens is 2. The molecule has 1 aliphatic rings. The third-order valence-corrected chi connectivity index (χ3v) is 5.72. The molecule has 0 saturated heterocycles. The molecule has 3 N–H and O–H groups in total. The van der Waals surface area contributed by atoms with Crippen molar-refractivity contribution in [1.82, 2.24) is 14.9 Å². The van der Waals surface area contributed by atoms with Crippen LogP contribution in [0.5, 0.6) is 5.75 Å². The molecule has 2 heterocycles. The minimum absolute atomic E-state index is 0.558. The molecule has 0 amide bonds. The number of aliphatic carboxylic acids is 2. The molecule has 9 heteroatoms. The molecule has 0 radical (unpaired) electrons. The van der Waals surface area contributed by atoms with Crippen LogP contribution in [0.3, 0.4) is 0 Å². The third-order valence-electron chi connectivity index (χ3n) is 5.72. The van der Waals surface area contributed by atoms with Crippen molar-refractivity contribution < 1.29 is 24.5 Å². The molecule has 0 unspecified atom stereocenters. The third kappa shape index (κ3) is 8.73. The molecule has 0 aliphatic carbocycles. The highest BCUT2D eigenvalue weighted by molar-refractivity contribution is 5.94. The zero-order chi connectivity index (χ0) is 26.5. The number of anilines is 1. The van der Waals surface area contributed by atoms with E-state index < -0.39 is 11.9 Å². The lowest BCUT2D eigenvalue weighted by Crippen LogP contribution is -2.30. The van der Waals surface area contributed by atoms with Gasteiger partial charge < -0.3 is 20.3 Å². The smallest absolute Gasteiger partial charge is 0.328 e. The number of carboxylic acids is 2. The first kappa shape index (κ1) is 27.3. The summed E-state index contributed by atoms with van der Waals surface area (Å²) in [6.45, 7) is 6.63. The van der Waals surface area contributed by atoms with Gasteiger partial charge in [0.05, 0.1) is 12.8 Å². The second kappa shape index (κ2) is 14.4. The van der Waals surface area contributed by atoms with Crippen LogP contribution in [0.15, 0.2) is 73.2 Å². The number of carboxylic acid groups (broad SMARTS) is 2. The fourth-order valence-corrected chi connectivity index (χ4v) is 4.03. The first-order valence-electron chi connectivity index (χ1n) is 12.2. The molecule has 9 nitrogen and oxygen atoms in total. The largest absolute Gasteiger partial charge is 0.488 e. The van der Waals surface area contributed by atoms with Crippen LogP contribution in [0.4, 0.5) is 5.82 Å². The van der Waals surface area contributed by atoms with Gasteiger partial charge in [-0.15, -0.1) is 0 Å². The second-order valence-electron chi connectivity index (χ2n) is 8.27. The van der Waals surface area contributed by atoms with Crippen LogP contribution in [0.1, 0.15) is 25.3 Å². The molecule has 2 aromatic carbocycles. The van der Waals surface area contributed by atoms with Gasteiger partial charge in [-0.25, -0.2) is 19.6 Å². The van der Waals surface area contributed by atoms with E-state index in [1.807, 2.05) is 6.92 Å². The normalized spacial score (nSPS) is 13.5. The van der Waals surface area contributed by atoms with Crippen molar-refractivity contribution in [1.29, 1.82) is 0 Å². The Kier molecular flexibility index (Phi) is 10.6. The highest BCUT2D eigenvalue weighted by Crippen LogP contribution is 2.29. The van der Waals surface area contributed by atoms with Gasteiger partial charge >= 0.3 is 11.9 Å². The summed E-state index contributed by atoms with van der Waals surface area (Å²) in [5.41, 5.74) is 2.86. The zero-order valence-electron chi connectivity index (χ0n) is 20.8. The van der Waals surface area contributed by atoms with E-state index in [-0.39, 0.29) is 0 Å². The Morgan fingerprint density at radius 2 is 1.86 bits per heavy atom. The number of rotatable bonds is 10. The summed E-state index contributed by atoms with van der Waals surface area (Å²) >= 11 is 0. The molecule has 0 saturated carbocycles. The highest BCUT2D eigenvalue weighted by Gasteiger charge is 2.14. The Morgan fingerprint density at radius 1 is 1.11 bits per heavy atom. The van der Waals surface area contributed by atoms with Gasteiger partial charge in [-0.2, -0.15) is 0 Å². The van der Waals surface area contributed by atoms with Crippen LogP contribution in [0.2, 0.25) is 0 Å². The zero-order valence-corrected chi connectivity index (χ0v) is 20.8. The molecule has 0 fully saturated rings. The summed E-state index contributed by atoms with van der Waals surface area (Å²) in [5.74, 6) is -1.02. The first-order chi connectivity index (χ1) is 18.0. The topological polar surface area (TPSA) is 125 Å². The predicted octanol–water partition coefficient (Wildman–Crippen LogP) is 4.33. The average molecular weight is 505 g/mol. The van der Waals surface area contributed by atoms with E-state index in [2.05, 4.69) is 68.7 Å². The molecule has 4 rings (SSSR count). The number of hydrogen-bond donors (Lipinski definition) is 3. The van der Waals surface area contributed by atoms with E-state index in [1.165, 1.54) is 21.9 Å². The Hall–Kier alpha value is -4.24. The van der Waals surface area contributed by atoms with E-state index >= 15 is 0 Å². The summed E-state index contributed by atoms with van der Waals surface area (Å²) in [6.07, 6.45) is 8.94. The van der Waals surface area contributed by atoms with Gasteiger partial charge in [-0.1, -0.05) is 48.5 Å². The van der Waals surface area contributed by atoms with Gasteiger partial charge in [-0.05, 0) is 41.7 Å². The Balaban J connectivity index is 0.000000414. The number of nitrogens with one attached hydrogen (secondary N) is 1. The van der Waals surface area contributed by atoms with Crippen LogP contribution in [0, 0.1) is 0 Å². The van der Waals surface area contributed by atoms with Crippen LogP contribution in [0.25, 0.3) is 16.3 Å². The fraction of sp³-hybridized carbons (Fsp3) is 0.286. The maximum Gasteiger partial charge on any atom is 0.328 e. The summed E-state index contributed by atoms with van der Waals surface area (Å²) in [7, 11) is 0. The Bertz CT molecular complexity index is 1240. The van der Waals surface area contributed by atoms with Crippen molar-refractivity contribution in [2.45, 2.75) is 19.8 Å². The van der Waals surface area contributed by atoms with E-state index in [0.717, 1.165) is 50.6 Å². The van der Waals surface area contributed by atoms with Crippen molar-refractivity contribution in [2.75, 3.05) is 38.1 Å². The lowest BCUT2D eigenvalue weighted by atomic mass is 9.94. The SMILES string of the molecule is CCOc1cncnc1NCCCN1CC=C(c2cccc3ccccc23)CC1.O=C(O)C=CC(=O)O. The highest BCUT2D eigenvalue weighted by atomic mass is 16.5. The van der Waals surface area contributed by atoms with Crippen LogP contribution >= 0.6 is 0 Å². The minimum Gasteiger partial charge on any atom is -0.488 e. The van der Waals surface area contributed by atoms with Crippen LogP contribution < -0.4 is 10.1 Å². The number of ether oxygens (including phenoxy) is 1. The molecule has 0 bridgehead atoms. The minimum atomic E-state index is -1.26. The summed E-state index contributed by atoms with van der Waals surface area (Å²) in [4.78, 5) is 29.9. The van der Waals surface area contributed by atoms with Crippen molar-refractivity contribution in [3.05, 3.63) is 78.8 Å². The van der Waals surface area contributed by atoms with Gasteiger partial charge in [0.15, 0.2) is 11.6 Å². The molecule has 3 aromatic rings. The second-order valence-corrected chi connectivity index (χ2v) is 8.27. The molecule has 0 spiro atoms. The summed E-state index contributed by atoms with van der Waals surface area (Å²) in [6, 6.07) is 15.3. The molecule has 1 aliphatic heterocycles. The quantitative estimate of drug-likeness (QED) is 0.273. The van der Waals surface area contributed by atoms with Gasteiger partial charge in [-0.3, -0.25) is 4.90 Å².